The van der Waals surface area contributed by atoms with E-state index in [2.05, 4.69) is 5.32 Å². The molecule has 0 heterocycles. The van der Waals surface area contributed by atoms with E-state index in [1.54, 1.807) is 20.8 Å². The second-order valence-corrected chi connectivity index (χ2v) is 4.67. The Morgan fingerprint density at radius 2 is 1.93 bits per heavy atom. The van der Waals surface area contributed by atoms with Gasteiger partial charge in [0.25, 0.3) is 0 Å². The van der Waals surface area contributed by atoms with E-state index < -0.39 is 17.4 Å². The fraction of sp³-hybridized carbons (Fsp3) is 0.889. The van der Waals surface area contributed by atoms with E-state index in [1.165, 1.54) is 6.92 Å². The van der Waals surface area contributed by atoms with Gasteiger partial charge in [-0.25, -0.2) is 9.18 Å². The zero-order valence-corrected chi connectivity index (χ0v) is 9.74. The largest absolute Gasteiger partial charge is 0.444 e. The first-order chi connectivity index (χ1) is 6.16. The van der Waals surface area contributed by atoms with Crippen molar-refractivity contribution in [3.63, 3.8) is 0 Å². The molecule has 0 radical (unpaired) electrons. The predicted molar refractivity (Wildman–Crippen MR) is 54.5 cm³/mol. The summed E-state index contributed by atoms with van der Waals surface area (Å²) in [7, 11) is 0. The minimum atomic E-state index is -1.60. The third-order valence-electron chi connectivity index (χ3n) is 1.28. The third kappa shape index (κ3) is 6.95. The molecule has 0 fully saturated rings. The quantitative estimate of drug-likeness (QED) is 0.750. The summed E-state index contributed by atoms with van der Waals surface area (Å²) in [4.78, 5) is 11.1. The number of hydrogen-bond acceptors (Lipinski definition) is 2. The summed E-state index contributed by atoms with van der Waals surface area (Å²) in [6, 6.07) is 0. The Balaban J connectivity index is 3.87. The van der Waals surface area contributed by atoms with Crippen molar-refractivity contribution in [2.75, 3.05) is 12.4 Å². The van der Waals surface area contributed by atoms with Crippen LogP contribution in [-0.2, 0) is 4.74 Å². The van der Waals surface area contributed by atoms with Crippen molar-refractivity contribution < 1.29 is 13.9 Å². The van der Waals surface area contributed by atoms with Crippen LogP contribution in [0.5, 0.6) is 0 Å². The summed E-state index contributed by atoms with van der Waals surface area (Å²) in [6.07, 6.45) is -0.633. The summed E-state index contributed by atoms with van der Waals surface area (Å²) in [6.45, 7) is 6.39. The second-order valence-electron chi connectivity index (χ2n) is 4.40. The highest BCUT2D eigenvalue weighted by atomic mass is 35.5. The van der Waals surface area contributed by atoms with Gasteiger partial charge in [-0.05, 0) is 27.7 Å². The van der Waals surface area contributed by atoms with Crippen LogP contribution in [-0.4, -0.2) is 29.8 Å². The molecule has 0 aliphatic rings. The van der Waals surface area contributed by atoms with E-state index in [9.17, 15) is 9.18 Å². The maximum absolute atomic E-state index is 13.2. The van der Waals surface area contributed by atoms with Crippen LogP contribution in [0, 0.1) is 0 Å². The monoisotopic (exact) mass is 225 g/mol. The number of alkyl halides is 2. The maximum atomic E-state index is 13.2. The van der Waals surface area contributed by atoms with Gasteiger partial charge < -0.3 is 10.1 Å². The van der Waals surface area contributed by atoms with Gasteiger partial charge in [0.15, 0.2) is 0 Å². The van der Waals surface area contributed by atoms with Crippen molar-refractivity contribution in [1.29, 1.82) is 0 Å². The molecule has 0 aliphatic heterocycles. The molecule has 0 aliphatic carbocycles. The molecule has 0 aromatic heterocycles. The SMILES string of the molecule is CC(F)(CCl)CNC(=O)OC(C)(C)C. The maximum Gasteiger partial charge on any atom is 0.407 e. The van der Waals surface area contributed by atoms with Crippen LogP contribution in [0.1, 0.15) is 27.7 Å². The molecule has 1 unspecified atom stereocenters. The summed E-state index contributed by atoms with van der Waals surface area (Å²) < 4.78 is 18.1. The molecular formula is C9H17ClFNO2. The average molecular weight is 226 g/mol. The molecular weight excluding hydrogens is 209 g/mol. The van der Waals surface area contributed by atoms with Crippen LogP contribution in [0.3, 0.4) is 0 Å². The van der Waals surface area contributed by atoms with Gasteiger partial charge in [-0.1, -0.05) is 0 Å². The van der Waals surface area contributed by atoms with Crippen molar-refractivity contribution in [3.05, 3.63) is 0 Å². The van der Waals surface area contributed by atoms with Gasteiger partial charge in [-0.15, -0.1) is 11.6 Å². The zero-order chi connectivity index (χ0) is 11.4. The second kappa shape index (κ2) is 4.82. The van der Waals surface area contributed by atoms with Gasteiger partial charge in [0.2, 0.25) is 0 Å². The molecule has 0 saturated carbocycles. The number of carbonyl (C=O) groups excluding carboxylic acids is 1. The molecule has 0 saturated heterocycles. The van der Waals surface area contributed by atoms with Crippen molar-refractivity contribution in [2.24, 2.45) is 0 Å². The van der Waals surface area contributed by atoms with Gasteiger partial charge in [0.1, 0.15) is 11.3 Å². The molecule has 0 spiro atoms. The molecule has 3 nitrogen and oxygen atoms in total. The van der Waals surface area contributed by atoms with Gasteiger partial charge in [-0.3, -0.25) is 0 Å². The number of carbonyl (C=O) groups is 1. The van der Waals surface area contributed by atoms with E-state index in [-0.39, 0.29) is 12.4 Å². The molecule has 14 heavy (non-hydrogen) atoms. The van der Waals surface area contributed by atoms with Crippen LogP contribution < -0.4 is 5.32 Å². The molecule has 0 bridgehead atoms. The van der Waals surface area contributed by atoms with E-state index in [4.69, 9.17) is 16.3 Å². The van der Waals surface area contributed by atoms with Gasteiger partial charge in [-0.2, -0.15) is 0 Å². The van der Waals surface area contributed by atoms with E-state index in [1.807, 2.05) is 0 Å². The minimum Gasteiger partial charge on any atom is -0.444 e. The van der Waals surface area contributed by atoms with Crippen LogP contribution >= 0.6 is 11.6 Å². The topological polar surface area (TPSA) is 38.3 Å². The molecule has 0 aromatic carbocycles. The number of ether oxygens (including phenoxy) is 1. The number of amides is 1. The summed E-state index contributed by atoms with van der Waals surface area (Å²) in [5, 5.41) is 2.31. The normalized spacial score (nSPS) is 15.9. The summed E-state index contributed by atoms with van der Waals surface area (Å²) >= 11 is 5.34. The zero-order valence-electron chi connectivity index (χ0n) is 8.99. The van der Waals surface area contributed by atoms with E-state index in [0.717, 1.165) is 0 Å². The Morgan fingerprint density at radius 3 is 2.29 bits per heavy atom. The van der Waals surface area contributed by atoms with Crippen molar-refractivity contribution in [1.82, 2.24) is 5.32 Å². The number of alkyl carbamates (subject to hydrolysis) is 1. The lowest BCUT2D eigenvalue weighted by Gasteiger charge is -2.22. The summed E-state index contributed by atoms with van der Waals surface area (Å²) in [5.74, 6) is -0.164. The lowest BCUT2D eigenvalue weighted by molar-refractivity contribution is 0.0494. The first kappa shape index (κ1) is 13.5. The molecule has 1 N–H and O–H groups in total. The fourth-order valence-electron chi connectivity index (χ4n) is 0.618. The molecule has 5 heteroatoms. The summed E-state index contributed by atoms with van der Waals surface area (Å²) in [5.41, 5.74) is -2.17. The highest BCUT2D eigenvalue weighted by Crippen LogP contribution is 2.11. The Hall–Kier alpha value is -0.510. The van der Waals surface area contributed by atoms with Crippen LogP contribution in [0.2, 0.25) is 0 Å². The van der Waals surface area contributed by atoms with E-state index in [0.29, 0.717) is 0 Å². The van der Waals surface area contributed by atoms with Crippen LogP contribution in [0.4, 0.5) is 9.18 Å². The number of nitrogens with one attached hydrogen (secondary N) is 1. The minimum absolute atomic E-state index is 0.147. The number of hydrogen-bond donors (Lipinski definition) is 1. The Bertz CT molecular complexity index is 201. The third-order valence-corrected chi connectivity index (χ3v) is 1.84. The van der Waals surface area contributed by atoms with Gasteiger partial charge in [0.05, 0.1) is 12.4 Å². The highest BCUT2D eigenvalue weighted by Gasteiger charge is 2.24. The highest BCUT2D eigenvalue weighted by molar-refractivity contribution is 6.18. The molecule has 1 atom stereocenters. The first-order valence-electron chi connectivity index (χ1n) is 4.38. The molecule has 0 aromatic rings. The Morgan fingerprint density at radius 1 is 1.43 bits per heavy atom. The number of halogens is 2. The molecule has 1 amide bonds. The lowest BCUT2D eigenvalue weighted by Crippen LogP contribution is -2.41. The average Bonchev–Trinajstić information content (AvgIpc) is 1.98. The van der Waals surface area contributed by atoms with Gasteiger partial charge >= 0.3 is 6.09 Å². The van der Waals surface area contributed by atoms with Crippen molar-refractivity contribution in [2.45, 2.75) is 39.0 Å². The standard InChI is InChI=1S/C9H17ClFNO2/c1-8(2,3)14-7(13)12-6-9(4,11)5-10/h5-6H2,1-4H3,(H,12,13). The van der Waals surface area contributed by atoms with Crippen molar-refractivity contribution in [3.8, 4) is 0 Å². The van der Waals surface area contributed by atoms with E-state index >= 15 is 0 Å². The van der Waals surface area contributed by atoms with Crippen molar-refractivity contribution >= 4 is 17.7 Å². The Kier molecular flexibility index (Phi) is 4.65. The smallest absolute Gasteiger partial charge is 0.407 e. The lowest BCUT2D eigenvalue weighted by atomic mass is 10.2. The Labute approximate surface area is 89.0 Å². The number of rotatable bonds is 3. The molecule has 0 rings (SSSR count). The predicted octanol–water partition coefficient (Wildman–Crippen LogP) is 2.48. The van der Waals surface area contributed by atoms with Gasteiger partial charge in [0, 0.05) is 0 Å². The van der Waals surface area contributed by atoms with Crippen LogP contribution in [0.25, 0.3) is 0 Å². The first-order valence-corrected chi connectivity index (χ1v) is 4.91. The fourth-order valence-corrected chi connectivity index (χ4v) is 0.712. The van der Waals surface area contributed by atoms with Crippen LogP contribution in [0.15, 0.2) is 0 Å². The molecule has 84 valence electrons.